The molecule has 0 aromatic heterocycles. The summed E-state index contributed by atoms with van der Waals surface area (Å²) in [5, 5.41) is 3.67. The summed E-state index contributed by atoms with van der Waals surface area (Å²) in [4.78, 5) is 16.5. The first kappa shape index (κ1) is 14.0. The van der Waals surface area contributed by atoms with Crippen LogP contribution in [0.5, 0.6) is 0 Å². The van der Waals surface area contributed by atoms with Gasteiger partial charge in [0.25, 0.3) is 0 Å². The maximum Gasteiger partial charge on any atom is 0.321 e. The average molecular weight is 314 g/mol. The molecule has 1 saturated heterocycles. The number of nitrogens with one attached hydrogen (secondary N) is 1. The van der Waals surface area contributed by atoms with Gasteiger partial charge in [0.2, 0.25) is 0 Å². The Bertz CT molecular complexity index is 511. The van der Waals surface area contributed by atoms with Crippen LogP contribution in [0.3, 0.4) is 0 Å². The van der Waals surface area contributed by atoms with Crippen LogP contribution < -0.4 is 5.32 Å². The highest BCUT2D eigenvalue weighted by molar-refractivity contribution is 6.43. The third kappa shape index (κ3) is 3.03. The molecule has 20 heavy (non-hydrogen) atoms. The van der Waals surface area contributed by atoms with Crippen LogP contribution in [0.15, 0.2) is 18.2 Å². The fourth-order valence-corrected chi connectivity index (χ4v) is 2.87. The van der Waals surface area contributed by atoms with Gasteiger partial charge in [0.15, 0.2) is 0 Å². The minimum atomic E-state index is -0.107. The van der Waals surface area contributed by atoms with Crippen molar-refractivity contribution in [1.29, 1.82) is 0 Å². The Morgan fingerprint density at radius 1 is 1.15 bits per heavy atom. The lowest BCUT2D eigenvalue weighted by Gasteiger charge is -2.34. The number of benzene rings is 1. The summed E-state index contributed by atoms with van der Waals surface area (Å²) in [6, 6.07) is 5.89. The molecular formula is C14H17Cl2N3O. The van der Waals surface area contributed by atoms with Gasteiger partial charge >= 0.3 is 6.03 Å². The van der Waals surface area contributed by atoms with Gasteiger partial charge in [-0.1, -0.05) is 29.3 Å². The molecule has 4 nitrogen and oxygen atoms in total. The predicted octanol–water partition coefficient (Wildman–Crippen LogP) is 3.31. The van der Waals surface area contributed by atoms with Crippen LogP contribution in [0.1, 0.15) is 12.8 Å². The lowest BCUT2D eigenvalue weighted by molar-refractivity contribution is 0.142. The van der Waals surface area contributed by atoms with Crippen LogP contribution in [-0.4, -0.2) is 48.1 Å². The summed E-state index contributed by atoms with van der Waals surface area (Å²) >= 11 is 12.0. The first-order valence-electron chi connectivity index (χ1n) is 6.89. The van der Waals surface area contributed by atoms with E-state index in [1.807, 2.05) is 4.90 Å². The zero-order valence-electron chi connectivity index (χ0n) is 11.1. The molecule has 1 aromatic rings. The van der Waals surface area contributed by atoms with Crippen molar-refractivity contribution in [2.75, 3.05) is 31.5 Å². The van der Waals surface area contributed by atoms with Crippen molar-refractivity contribution in [1.82, 2.24) is 9.80 Å². The van der Waals surface area contributed by atoms with Crippen molar-refractivity contribution in [3.8, 4) is 0 Å². The van der Waals surface area contributed by atoms with Crippen LogP contribution in [0.2, 0.25) is 10.0 Å². The summed E-state index contributed by atoms with van der Waals surface area (Å²) in [7, 11) is 0. The van der Waals surface area contributed by atoms with E-state index in [0.717, 1.165) is 32.2 Å². The Kier molecular flexibility index (Phi) is 4.06. The second kappa shape index (κ2) is 5.80. The van der Waals surface area contributed by atoms with E-state index in [9.17, 15) is 4.79 Å². The highest BCUT2D eigenvalue weighted by Gasteiger charge is 2.32. The number of carbonyl (C=O) groups is 1. The van der Waals surface area contributed by atoms with Crippen molar-refractivity contribution in [2.24, 2.45) is 0 Å². The SMILES string of the molecule is O=C(Nc1cccc(Cl)c1Cl)N1CCN(C2CC2)CC1. The average Bonchev–Trinajstić information content (AvgIpc) is 3.29. The fourth-order valence-electron chi connectivity index (χ4n) is 2.52. The van der Waals surface area contributed by atoms with Gasteiger partial charge in [0, 0.05) is 32.2 Å². The number of halogens is 2. The Labute approximate surface area is 128 Å². The lowest BCUT2D eigenvalue weighted by atomic mass is 10.3. The van der Waals surface area contributed by atoms with Gasteiger partial charge in [-0.3, -0.25) is 4.90 Å². The molecule has 1 heterocycles. The number of hydrogen-bond acceptors (Lipinski definition) is 2. The zero-order chi connectivity index (χ0) is 14.1. The van der Waals surface area contributed by atoms with Crippen LogP contribution >= 0.6 is 23.2 Å². The molecule has 2 aliphatic rings. The van der Waals surface area contributed by atoms with Gasteiger partial charge in [-0.25, -0.2) is 4.79 Å². The molecule has 2 amide bonds. The van der Waals surface area contributed by atoms with E-state index < -0.39 is 0 Å². The van der Waals surface area contributed by atoms with Crippen molar-refractivity contribution in [2.45, 2.75) is 18.9 Å². The summed E-state index contributed by atoms with van der Waals surface area (Å²) in [6.45, 7) is 3.45. The summed E-state index contributed by atoms with van der Waals surface area (Å²) < 4.78 is 0. The third-order valence-corrected chi connectivity index (χ3v) is 4.68. The Morgan fingerprint density at radius 3 is 2.50 bits per heavy atom. The number of urea groups is 1. The molecule has 1 aromatic carbocycles. The normalized spacial score (nSPS) is 20.0. The van der Waals surface area contributed by atoms with Gasteiger partial charge < -0.3 is 10.2 Å². The van der Waals surface area contributed by atoms with Gasteiger partial charge in [-0.15, -0.1) is 0 Å². The van der Waals surface area contributed by atoms with Crippen LogP contribution in [0, 0.1) is 0 Å². The number of carbonyl (C=O) groups excluding carboxylic acids is 1. The molecule has 108 valence electrons. The van der Waals surface area contributed by atoms with E-state index in [1.165, 1.54) is 12.8 Å². The van der Waals surface area contributed by atoms with Crippen LogP contribution in [0.4, 0.5) is 10.5 Å². The zero-order valence-corrected chi connectivity index (χ0v) is 12.6. The molecule has 1 saturated carbocycles. The molecule has 0 radical (unpaired) electrons. The highest BCUT2D eigenvalue weighted by Crippen LogP contribution is 2.30. The quantitative estimate of drug-likeness (QED) is 0.909. The van der Waals surface area contributed by atoms with Gasteiger partial charge in [-0.2, -0.15) is 0 Å². The van der Waals surface area contributed by atoms with E-state index in [1.54, 1.807) is 18.2 Å². The fraction of sp³-hybridized carbons (Fsp3) is 0.500. The number of rotatable bonds is 2. The Balaban J connectivity index is 1.58. The monoisotopic (exact) mass is 313 g/mol. The molecule has 1 N–H and O–H groups in total. The number of amides is 2. The maximum absolute atomic E-state index is 12.2. The molecule has 6 heteroatoms. The molecule has 2 fully saturated rings. The molecule has 0 unspecified atom stereocenters. The number of nitrogens with zero attached hydrogens (tertiary/aromatic N) is 2. The molecular weight excluding hydrogens is 297 g/mol. The summed E-state index contributed by atoms with van der Waals surface area (Å²) in [5.74, 6) is 0. The van der Waals surface area contributed by atoms with Crippen molar-refractivity contribution >= 4 is 34.9 Å². The Morgan fingerprint density at radius 2 is 1.85 bits per heavy atom. The van der Waals surface area contributed by atoms with Crippen molar-refractivity contribution in [3.63, 3.8) is 0 Å². The van der Waals surface area contributed by atoms with E-state index >= 15 is 0 Å². The van der Waals surface area contributed by atoms with E-state index in [0.29, 0.717) is 15.7 Å². The highest BCUT2D eigenvalue weighted by atomic mass is 35.5. The first-order valence-corrected chi connectivity index (χ1v) is 7.65. The largest absolute Gasteiger partial charge is 0.322 e. The second-order valence-electron chi connectivity index (χ2n) is 5.29. The van der Waals surface area contributed by atoms with Gasteiger partial charge in [0.05, 0.1) is 15.7 Å². The van der Waals surface area contributed by atoms with Gasteiger partial charge in [0.1, 0.15) is 0 Å². The standard InChI is InChI=1S/C14H17Cl2N3O/c15-11-2-1-3-12(13(11)16)17-14(20)19-8-6-18(7-9-19)10-4-5-10/h1-3,10H,4-9H2,(H,17,20). The number of piperazine rings is 1. The van der Waals surface area contributed by atoms with E-state index in [4.69, 9.17) is 23.2 Å². The van der Waals surface area contributed by atoms with Crippen LogP contribution in [0.25, 0.3) is 0 Å². The first-order chi connectivity index (χ1) is 9.65. The Hall–Kier alpha value is -0.970. The van der Waals surface area contributed by atoms with Crippen molar-refractivity contribution in [3.05, 3.63) is 28.2 Å². The maximum atomic E-state index is 12.2. The van der Waals surface area contributed by atoms with Crippen molar-refractivity contribution < 1.29 is 4.79 Å². The summed E-state index contributed by atoms with van der Waals surface area (Å²) in [5.41, 5.74) is 0.564. The topological polar surface area (TPSA) is 35.6 Å². The number of hydrogen-bond donors (Lipinski definition) is 1. The second-order valence-corrected chi connectivity index (χ2v) is 6.07. The number of anilines is 1. The van der Waals surface area contributed by atoms with Crippen LogP contribution in [-0.2, 0) is 0 Å². The van der Waals surface area contributed by atoms with E-state index in [-0.39, 0.29) is 6.03 Å². The molecule has 0 bridgehead atoms. The third-order valence-electron chi connectivity index (χ3n) is 3.86. The minimum absolute atomic E-state index is 0.107. The van der Waals surface area contributed by atoms with E-state index in [2.05, 4.69) is 10.2 Å². The predicted molar refractivity (Wildman–Crippen MR) is 81.6 cm³/mol. The van der Waals surface area contributed by atoms with Gasteiger partial charge in [-0.05, 0) is 25.0 Å². The molecule has 3 rings (SSSR count). The minimum Gasteiger partial charge on any atom is -0.322 e. The molecule has 0 atom stereocenters. The molecule has 0 spiro atoms. The molecule has 1 aliphatic heterocycles. The summed E-state index contributed by atoms with van der Waals surface area (Å²) in [6.07, 6.45) is 2.62. The lowest BCUT2D eigenvalue weighted by Crippen LogP contribution is -2.50. The molecule has 1 aliphatic carbocycles. The smallest absolute Gasteiger partial charge is 0.321 e.